The van der Waals surface area contributed by atoms with Gasteiger partial charge in [-0.05, 0) is 33.1 Å². The Morgan fingerprint density at radius 2 is 1.86 bits per heavy atom. The number of carboxylic acids is 1. The minimum absolute atomic E-state index is 0.0246. The molecule has 1 aliphatic rings. The number of urea groups is 1. The zero-order chi connectivity index (χ0) is 16.0. The monoisotopic (exact) mass is 300 g/mol. The lowest BCUT2D eigenvalue weighted by Gasteiger charge is -2.38. The summed E-state index contributed by atoms with van der Waals surface area (Å²) in [5.74, 6) is -1.78. The smallest absolute Gasteiger partial charge is 0.330 e. The van der Waals surface area contributed by atoms with Crippen molar-refractivity contribution in [3.63, 3.8) is 0 Å². The van der Waals surface area contributed by atoms with Crippen LogP contribution in [-0.4, -0.2) is 46.1 Å². The second-order valence-electron chi connectivity index (χ2n) is 5.52. The molecule has 0 aromatic carbocycles. The number of primary amides is 1. The van der Waals surface area contributed by atoms with Crippen molar-refractivity contribution in [1.82, 2.24) is 15.8 Å². The number of nitrogens with two attached hydrogens (primary N) is 1. The van der Waals surface area contributed by atoms with Crippen molar-refractivity contribution in [1.29, 1.82) is 0 Å². The van der Waals surface area contributed by atoms with Gasteiger partial charge in [0, 0.05) is 18.5 Å². The topological polar surface area (TPSA) is 125 Å². The normalized spacial score (nSPS) is 24.1. The van der Waals surface area contributed by atoms with Crippen molar-refractivity contribution in [3.8, 4) is 0 Å². The van der Waals surface area contributed by atoms with E-state index in [0.717, 1.165) is 19.3 Å². The van der Waals surface area contributed by atoms with Gasteiger partial charge in [-0.2, -0.15) is 0 Å². The molecule has 3 atom stereocenters. The molecule has 1 rings (SSSR count). The lowest BCUT2D eigenvalue weighted by molar-refractivity contribution is -0.139. The summed E-state index contributed by atoms with van der Waals surface area (Å²) in [6.07, 6.45) is 2.96. The zero-order valence-corrected chi connectivity index (χ0v) is 12.5. The van der Waals surface area contributed by atoms with Crippen molar-refractivity contribution < 1.29 is 19.5 Å². The van der Waals surface area contributed by atoms with E-state index < -0.39 is 23.9 Å². The molecule has 0 aromatic rings. The molecule has 0 saturated carbocycles. The van der Waals surface area contributed by atoms with Gasteiger partial charge in [0.15, 0.2) is 0 Å². The molecule has 1 saturated heterocycles. The number of nitrogens with zero attached hydrogens (tertiary/aromatic N) is 1. The third-order valence-electron chi connectivity index (χ3n) is 3.71. The molecule has 21 heavy (non-hydrogen) atoms. The first-order chi connectivity index (χ1) is 9.81. The third kappa shape index (κ3) is 5.58. The van der Waals surface area contributed by atoms with Gasteiger partial charge in [-0.1, -0.05) is 6.42 Å². The Morgan fingerprint density at radius 1 is 1.29 bits per heavy atom. The predicted octanol–water partition coefficient (Wildman–Crippen LogP) is 0.182. The predicted molar refractivity (Wildman–Crippen MR) is 76.1 cm³/mol. The molecule has 0 bridgehead atoms. The zero-order valence-electron chi connectivity index (χ0n) is 12.5. The van der Waals surface area contributed by atoms with Crippen molar-refractivity contribution in [2.45, 2.75) is 64.1 Å². The molecule has 5 N–H and O–H groups in total. The van der Waals surface area contributed by atoms with E-state index in [0.29, 0.717) is 0 Å². The highest BCUT2D eigenvalue weighted by molar-refractivity contribution is 5.83. The lowest BCUT2D eigenvalue weighted by Crippen LogP contribution is -2.58. The SMILES string of the molecule is CC1CCCC(C)N1NC(=O)N[C@H](CCC(N)=O)C(=O)O. The number of nitrogens with one attached hydrogen (secondary N) is 2. The molecule has 120 valence electrons. The quantitative estimate of drug-likeness (QED) is 0.557. The van der Waals surface area contributed by atoms with E-state index in [-0.39, 0.29) is 24.9 Å². The van der Waals surface area contributed by atoms with E-state index in [9.17, 15) is 14.4 Å². The van der Waals surface area contributed by atoms with E-state index in [1.165, 1.54) is 0 Å². The largest absolute Gasteiger partial charge is 0.480 e. The van der Waals surface area contributed by atoms with E-state index in [1.54, 1.807) is 0 Å². The number of hydrogen-bond acceptors (Lipinski definition) is 4. The first-order valence-electron chi connectivity index (χ1n) is 7.18. The maximum Gasteiger partial charge on any atom is 0.330 e. The Balaban J connectivity index is 2.52. The summed E-state index contributed by atoms with van der Waals surface area (Å²) >= 11 is 0. The number of hydrazine groups is 1. The van der Waals surface area contributed by atoms with Crippen LogP contribution in [0.5, 0.6) is 0 Å². The average Bonchev–Trinajstić information content (AvgIpc) is 2.38. The average molecular weight is 300 g/mol. The molecular weight excluding hydrogens is 276 g/mol. The van der Waals surface area contributed by atoms with Crippen LogP contribution in [0.3, 0.4) is 0 Å². The number of amides is 3. The summed E-state index contributed by atoms with van der Waals surface area (Å²) in [5, 5.41) is 13.2. The maximum absolute atomic E-state index is 11.9. The van der Waals surface area contributed by atoms with Crippen LogP contribution in [0.15, 0.2) is 0 Å². The molecule has 0 radical (unpaired) electrons. The van der Waals surface area contributed by atoms with Crippen LogP contribution in [0.2, 0.25) is 0 Å². The van der Waals surface area contributed by atoms with E-state index in [1.807, 2.05) is 18.9 Å². The fourth-order valence-corrected chi connectivity index (χ4v) is 2.49. The third-order valence-corrected chi connectivity index (χ3v) is 3.71. The number of aliphatic carboxylic acids is 1. The van der Waals surface area contributed by atoms with Crippen LogP contribution in [0.1, 0.15) is 46.0 Å². The van der Waals surface area contributed by atoms with Gasteiger partial charge in [0.2, 0.25) is 5.91 Å². The van der Waals surface area contributed by atoms with Gasteiger partial charge in [-0.15, -0.1) is 0 Å². The minimum atomic E-state index is -1.19. The molecule has 8 nitrogen and oxygen atoms in total. The Labute approximate surface area is 124 Å². The highest BCUT2D eigenvalue weighted by Crippen LogP contribution is 2.20. The number of carboxylic acid groups (broad SMARTS) is 1. The van der Waals surface area contributed by atoms with Gasteiger partial charge < -0.3 is 16.2 Å². The first kappa shape index (κ1) is 17.2. The molecule has 0 spiro atoms. The maximum atomic E-state index is 11.9. The highest BCUT2D eigenvalue weighted by Gasteiger charge is 2.27. The van der Waals surface area contributed by atoms with Crippen LogP contribution >= 0.6 is 0 Å². The molecular formula is C13H24N4O4. The van der Waals surface area contributed by atoms with Crippen molar-refractivity contribution in [2.75, 3.05) is 0 Å². The molecule has 3 amide bonds. The van der Waals surface area contributed by atoms with Crippen molar-refractivity contribution in [3.05, 3.63) is 0 Å². The van der Waals surface area contributed by atoms with Crippen LogP contribution in [0.25, 0.3) is 0 Å². The van der Waals surface area contributed by atoms with Crippen molar-refractivity contribution >= 4 is 17.9 Å². The number of rotatable bonds is 6. The summed E-state index contributed by atoms with van der Waals surface area (Å²) in [7, 11) is 0. The molecule has 2 unspecified atom stereocenters. The van der Waals surface area contributed by atoms with E-state index in [2.05, 4.69) is 10.7 Å². The van der Waals surface area contributed by atoms with Gasteiger partial charge in [0.1, 0.15) is 6.04 Å². The molecule has 0 aliphatic carbocycles. The second kappa shape index (κ2) is 7.82. The first-order valence-corrected chi connectivity index (χ1v) is 7.18. The number of carbonyl (C=O) groups excluding carboxylic acids is 2. The summed E-state index contributed by atoms with van der Waals surface area (Å²) in [5.41, 5.74) is 7.68. The Hall–Kier alpha value is -1.83. The summed E-state index contributed by atoms with van der Waals surface area (Å²) < 4.78 is 0. The Bertz CT molecular complexity index is 392. The van der Waals surface area contributed by atoms with Crippen molar-refractivity contribution in [2.24, 2.45) is 5.73 Å². The molecule has 1 aliphatic heterocycles. The van der Waals surface area contributed by atoms with Crippen LogP contribution in [-0.2, 0) is 9.59 Å². The number of piperidine rings is 1. The van der Waals surface area contributed by atoms with Gasteiger partial charge in [-0.3, -0.25) is 10.2 Å². The second-order valence-corrected chi connectivity index (χ2v) is 5.52. The van der Waals surface area contributed by atoms with Gasteiger partial charge in [-0.25, -0.2) is 14.6 Å². The Morgan fingerprint density at radius 3 is 2.33 bits per heavy atom. The van der Waals surface area contributed by atoms with Gasteiger partial charge in [0.25, 0.3) is 0 Å². The lowest BCUT2D eigenvalue weighted by atomic mass is 10.00. The Kier molecular flexibility index (Phi) is 6.41. The number of hydrogen-bond donors (Lipinski definition) is 4. The molecule has 1 fully saturated rings. The minimum Gasteiger partial charge on any atom is -0.480 e. The molecule has 0 aromatic heterocycles. The standard InChI is InChI=1S/C13H24N4O4/c1-8-4-3-5-9(2)17(8)16-13(21)15-10(12(19)20)6-7-11(14)18/h8-10H,3-7H2,1-2H3,(H2,14,18)(H,19,20)(H2,15,16,21)/t8?,9?,10-/m1/s1. The van der Waals surface area contributed by atoms with Gasteiger partial charge >= 0.3 is 12.0 Å². The molecule has 1 heterocycles. The fraction of sp³-hybridized carbons (Fsp3) is 0.769. The summed E-state index contributed by atoms with van der Waals surface area (Å²) in [6.45, 7) is 4.02. The van der Waals surface area contributed by atoms with Crippen LogP contribution in [0.4, 0.5) is 4.79 Å². The van der Waals surface area contributed by atoms with Crippen LogP contribution in [0, 0.1) is 0 Å². The van der Waals surface area contributed by atoms with Gasteiger partial charge in [0.05, 0.1) is 0 Å². The highest BCUT2D eigenvalue weighted by atomic mass is 16.4. The summed E-state index contributed by atoms with van der Waals surface area (Å²) in [6, 6.07) is -1.30. The fourth-order valence-electron chi connectivity index (χ4n) is 2.49. The molecule has 8 heteroatoms. The number of carbonyl (C=O) groups is 3. The van der Waals surface area contributed by atoms with E-state index >= 15 is 0 Å². The van der Waals surface area contributed by atoms with Crippen LogP contribution < -0.4 is 16.5 Å². The summed E-state index contributed by atoms with van der Waals surface area (Å²) in [4.78, 5) is 33.7. The van der Waals surface area contributed by atoms with E-state index in [4.69, 9.17) is 10.8 Å².